The third kappa shape index (κ3) is 5.33. The van der Waals surface area contributed by atoms with Crippen LogP contribution in [0.3, 0.4) is 0 Å². The third-order valence-electron chi connectivity index (χ3n) is 3.38. The predicted octanol–water partition coefficient (Wildman–Crippen LogP) is 4.52. The number of ether oxygens (including phenoxy) is 1. The van der Waals surface area contributed by atoms with E-state index in [0.717, 1.165) is 31.2 Å². The lowest BCUT2D eigenvalue weighted by molar-refractivity contribution is 0.228. The summed E-state index contributed by atoms with van der Waals surface area (Å²) >= 11 is 0. The van der Waals surface area contributed by atoms with Crippen molar-refractivity contribution >= 4 is 19.7 Å². The molecular formula is C15H23ClO3S. The third-order valence-corrected chi connectivity index (χ3v) is 4.72. The van der Waals surface area contributed by atoms with Crippen molar-refractivity contribution in [2.75, 3.05) is 6.61 Å². The van der Waals surface area contributed by atoms with Crippen molar-refractivity contribution in [3.63, 3.8) is 0 Å². The van der Waals surface area contributed by atoms with Crippen molar-refractivity contribution in [1.29, 1.82) is 0 Å². The first-order chi connectivity index (χ1) is 9.38. The normalized spacial score (nSPS) is 13.2. The second kappa shape index (κ2) is 7.89. The van der Waals surface area contributed by atoms with Crippen molar-refractivity contribution in [2.24, 2.45) is 5.92 Å². The van der Waals surface area contributed by atoms with Crippen molar-refractivity contribution in [1.82, 2.24) is 0 Å². The molecule has 0 spiro atoms. The van der Waals surface area contributed by atoms with E-state index in [-0.39, 0.29) is 4.90 Å². The maximum atomic E-state index is 11.6. The molecule has 0 aliphatic carbocycles. The molecule has 3 nitrogen and oxygen atoms in total. The van der Waals surface area contributed by atoms with E-state index in [1.807, 2.05) is 13.0 Å². The Morgan fingerprint density at radius 3 is 2.55 bits per heavy atom. The van der Waals surface area contributed by atoms with Gasteiger partial charge in [0.2, 0.25) is 0 Å². The van der Waals surface area contributed by atoms with E-state index >= 15 is 0 Å². The van der Waals surface area contributed by atoms with Crippen LogP contribution >= 0.6 is 10.7 Å². The minimum Gasteiger partial charge on any atom is -0.492 e. The molecule has 1 aromatic rings. The zero-order valence-corrected chi connectivity index (χ0v) is 13.9. The van der Waals surface area contributed by atoms with Gasteiger partial charge in [-0.25, -0.2) is 8.42 Å². The molecule has 114 valence electrons. The second-order valence-electron chi connectivity index (χ2n) is 5.12. The number of halogens is 1. The Morgan fingerprint density at radius 1 is 1.30 bits per heavy atom. The molecule has 5 heteroatoms. The Labute approximate surface area is 126 Å². The molecule has 0 heterocycles. The Morgan fingerprint density at radius 2 is 2.00 bits per heavy atom. The number of hydrogen-bond acceptors (Lipinski definition) is 3. The van der Waals surface area contributed by atoms with E-state index in [2.05, 4.69) is 13.8 Å². The lowest BCUT2D eigenvalue weighted by Gasteiger charge is -2.17. The quantitative estimate of drug-likeness (QED) is 0.662. The van der Waals surface area contributed by atoms with E-state index in [1.54, 1.807) is 12.1 Å². The van der Waals surface area contributed by atoms with Gasteiger partial charge in [0.15, 0.2) is 0 Å². The molecule has 0 aliphatic heterocycles. The highest BCUT2D eigenvalue weighted by Gasteiger charge is 2.18. The summed E-state index contributed by atoms with van der Waals surface area (Å²) < 4.78 is 28.9. The van der Waals surface area contributed by atoms with Gasteiger partial charge in [0.05, 0.1) is 6.61 Å². The van der Waals surface area contributed by atoms with Gasteiger partial charge >= 0.3 is 0 Å². The molecule has 0 N–H and O–H groups in total. The minimum atomic E-state index is -3.78. The van der Waals surface area contributed by atoms with E-state index in [0.29, 0.717) is 18.3 Å². The highest BCUT2D eigenvalue weighted by atomic mass is 35.7. The van der Waals surface area contributed by atoms with Gasteiger partial charge in [-0.05, 0) is 37.0 Å². The molecule has 1 atom stereocenters. The van der Waals surface area contributed by atoms with Crippen LogP contribution in [0.4, 0.5) is 0 Å². The molecule has 0 aromatic heterocycles. The molecule has 0 aliphatic rings. The first-order valence-corrected chi connectivity index (χ1v) is 9.37. The van der Waals surface area contributed by atoms with Crippen LogP contribution < -0.4 is 4.74 Å². The lowest BCUT2D eigenvalue weighted by Crippen LogP contribution is -2.12. The molecule has 0 radical (unpaired) electrons. The number of hydrogen-bond donors (Lipinski definition) is 0. The fraction of sp³-hybridized carbons (Fsp3) is 0.600. The topological polar surface area (TPSA) is 43.4 Å². The summed E-state index contributed by atoms with van der Waals surface area (Å²) in [7, 11) is 1.68. The summed E-state index contributed by atoms with van der Waals surface area (Å²) in [6.07, 6.45) is 4.44. The van der Waals surface area contributed by atoms with Crippen molar-refractivity contribution in [3.05, 3.63) is 23.8 Å². The van der Waals surface area contributed by atoms with Gasteiger partial charge in [-0.3, -0.25) is 0 Å². The number of benzene rings is 1. The monoisotopic (exact) mass is 318 g/mol. The van der Waals surface area contributed by atoms with Crippen LogP contribution in [-0.4, -0.2) is 15.0 Å². The van der Waals surface area contributed by atoms with Crippen LogP contribution in [0.25, 0.3) is 0 Å². The number of aryl methyl sites for hydroxylation is 1. The SMILES string of the molecule is CCCCC(CC)COc1ccc(C)cc1S(=O)(=O)Cl. The van der Waals surface area contributed by atoms with Gasteiger partial charge in [-0.1, -0.05) is 39.2 Å². The first kappa shape index (κ1) is 17.3. The smallest absolute Gasteiger partial charge is 0.264 e. The number of unbranched alkanes of at least 4 members (excludes halogenated alkanes) is 1. The molecule has 1 aromatic carbocycles. The summed E-state index contributed by atoms with van der Waals surface area (Å²) in [6.45, 7) is 6.63. The highest BCUT2D eigenvalue weighted by Crippen LogP contribution is 2.29. The molecule has 0 amide bonds. The summed E-state index contributed by atoms with van der Waals surface area (Å²) in [5, 5.41) is 0. The highest BCUT2D eigenvalue weighted by molar-refractivity contribution is 8.13. The first-order valence-electron chi connectivity index (χ1n) is 7.06. The zero-order valence-electron chi connectivity index (χ0n) is 12.4. The maximum Gasteiger partial charge on any atom is 0.264 e. The van der Waals surface area contributed by atoms with Crippen LogP contribution in [0, 0.1) is 12.8 Å². The van der Waals surface area contributed by atoms with Gasteiger partial charge in [-0.2, -0.15) is 0 Å². The van der Waals surface area contributed by atoms with Gasteiger partial charge < -0.3 is 4.74 Å². The minimum absolute atomic E-state index is 0.0597. The van der Waals surface area contributed by atoms with Crippen LogP contribution in [0.1, 0.15) is 45.1 Å². The summed E-state index contributed by atoms with van der Waals surface area (Å²) in [4.78, 5) is 0.0597. The summed E-state index contributed by atoms with van der Waals surface area (Å²) in [5.41, 5.74) is 0.842. The average Bonchev–Trinajstić information content (AvgIpc) is 2.39. The van der Waals surface area contributed by atoms with Gasteiger partial charge in [0, 0.05) is 10.7 Å². The average molecular weight is 319 g/mol. The summed E-state index contributed by atoms with van der Waals surface area (Å²) in [6, 6.07) is 5.05. The molecule has 0 saturated heterocycles. The molecule has 1 unspecified atom stereocenters. The van der Waals surface area contributed by atoms with Crippen LogP contribution in [0.5, 0.6) is 5.75 Å². The van der Waals surface area contributed by atoms with E-state index in [1.165, 1.54) is 0 Å². The van der Waals surface area contributed by atoms with Crippen molar-refractivity contribution < 1.29 is 13.2 Å². The largest absolute Gasteiger partial charge is 0.492 e. The van der Waals surface area contributed by atoms with Crippen LogP contribution in [-0.2, 0) is 9.05 Å². The molecule has 0 saturated carbocycles. The fourth-order valence-electron chi connectivity index (χ4n) is 2.03. The van der Waals surface area contributed by atoms with Gasteiger partial charge in [-0.15, -0.1) is 0 Å². The Kier molecular flexibility index (Phi) is 6.83. The van der Waals surface area contributed by atoms with Gasteiger partial charge in [0.25, 0.3) is 9.05 Å². The Balaban J connectivity index is 2.82. The van der Waals surface area contributed by atoms with E-state index in [4.69, 9.17) is 15.4 Å². The molecule has 1 rings (SSSR count). The van der Waals surface area contributed by atoms with E-state index in [9.17, 15) is 8.42 Å². The number of rotatable bonds is 8. The molecular weight excluding hydrogens is 296 g/mol. The molecule has 0 bridgehead atoms. The van der Waals surface area contributed by atoms with E-state index < -0.39 is 9.05 Å². The Bertz CT molecular complexity index is 526. The lowest BCUT2D eigenvalue weighted by atomic mass is 10.0. The van der Waals surface area contributed by atoms with Crippen molar-refractivity contribution in [2.45, 2.75) is 51.3 Å². The second-order valence-corrected chi connectivity index (χ2v) is 7.65. The van der Waals surface area contributed by atoms with Crippen molar-refractivity contribution in [3.8, 4) is 5.75 Å². The maximum absolute atomic E-state index is 11.6. The zero-order chi connectivity index (χ0) is 15.2. The Hall–Kier alpha value is -0.740. The standard InChI is InChI=1S/C15H23ClO3S/c1-4-6-7-13(5-2)11-19-14-9-8-12(3)10-15(14)20(16,17)18/h8-10,13H,4-7,11H2,1-3H3. The predicted molar refractivity (Wildman–Crippen MR) is 83.0 cm³/mol. The fourth-order valence-corrected chi connectivity index (χ4v) is 3.09. The van der Waals surface area contributed by atoms with Gasteiger partial charge in [0.1, 0.15) is 10.6 Å². The van der Waals surface area contributed by atoms with Crippen LogP contribution in [0.15, 0.2) is 23.1 Å². The molecule has 20 heavy (non-hydrogen) atoms. The summed E-state index contributed by atoms with van der Waals surface area (Å²) in [5.74, 6) is 0.794. The molecule has 0 fully saturated rings. The van der Waals surface area contributed by atoms with Crippen LogP contribution in [0.2, 0.25) is 0 Å².